The number of aryl methyl sites for hydroxylation is 1. The second-order valence-corrected chi connectivity index (χ2v) is 8.29. The molecule has 2 N–H and O–H groups in total. The Morgan fingerprint density at radius 1 is 1.21 bits per heavy atom. The molecule has 1 aliphatic heterocycles. The van der Waals surface area contributed by atoms with Crippen molar-refractivity contribution in [2.45, 2.75) is 37.8 Å². The van der Waals surface area contributed by atoms with Crippen molar-refractivity contribution in [2.24, 2.45) is 0 Å². The SMILES string of the molecule is COc1ccc(C(C#N)NC(=O)[C@@H]2CCCN2C(=O)CCc2c[nH]c3ccccc23)cc1OC. The van der Waals surface area contributed by atoms with Gasteiger partial charge in [0.15, 0.2) is 11.5 Å². The highest BCUT2D eigenvalue weighted by Gasteiger charge is 2.35. The van der Waals surface area contributed by atoms with Crippen LogP contribution in [0.5, 0.6) is 11.5 Å². The number of H-pyrrole nitrogens is 1. The predicted octanol–water partition coefficient (Wildman–Crippen LogP) is 3.49. The fourth-order valence-corrected chi connectivity index (χ4v) is 4.52. The fraction of sp³-hybridized carbons (Fsp3) is 0.346. The lowest BCUT2D eigenvalue weighted by atomic mass is 10.1. The van der Waals surface area contributed by atoms with Crippen LogP contribution in [0, 0.1) is 11.3 Å². The molecule has 8 heteroatoms. The van der Waals surface area contributed by atoms with Crippen LogP contribution in [0.2, 0.25) is 0 Å². The number of rotatable bonds is 8. The molecule has 0 spiro atoms. The second kappa shape index (κ2) is 10.3. The van der Waals surface area contributed by atoms with Crippen LogP contribution in [0.4, 0.5) is 0 Å². The summed E-state index contributed by atoms with van der Waals surface area (Å²) in [4.78, 5) is 31.0. The van der Waals surface area contributed by atoms with Gasteiger partial charge in [0.05, 0.1) is 20.3 Å². The molecule has 2 atom stereocenters. The molecule has 1 unspecified atom stereocenters. The summed E-state index contributed by atoms with van der Waals surface area (Å²) >= 11 is 0. The first-order valence-electron chi connectivity index (χ1n) is 11.3. The average Bonchev–Trinajstić information content (AvgIpc) is 3.53. The summed E-state index contributed by atoms with van der Waals surface area (Å²) in [5.74, 6) is 0.642. The van der Waals surface area contributed by atoms with Crippen molar-refractivity contribution in [2.75, 3.05) is 20.8 Å². The molecule has 0 bridgehead atoms. The number of aromatic amines is 1. The van der Waals surface area contributed by atoms with Crippen LogP contribution in [0.1, 0.15) is 36.4 Å². The van der Waals surface area contributed by atoms with Crippen molar-refractivity contribution in [3.63, 3.8) is 0 Å². The first-order valence-corrected chi connectivity index (χ1v) is 11.3. The molecule has 1 saturated heterocycles. The van der Waals surface area contributed by atoms with Gasteiger partial charge in [-0.05, 0) is 48.6 Å². The van der Waals surface area contributed by atoms with E-state index in [1.54, 1.807) is 23.1 Å². The number of likely N-dealkylation sites (tertiary alicyclic amines) is 1. The lowest BCUT2D eigenvalue weighted by molar-refractivity contribution is -0.138. The number of carbonyl (C=O) groups is 2. The number of nitrogens with zero attached hydrogens (tertiary/aromatic N) is 2. The quantitative estimate of drug-likeness (QED) is 0.535. The molecule has 3 aromatic rings. The molecule has 2 heterocycles. The van der Waals surface area contributed by atoms with Crippen LogP contribution in [-0.4, -0.2) is 48.5 Å². The summed E-state index contributed by atoms with van der Waals surface area (Å²) in [5.41, 5.74) is 2.71. The lowest BCUT2D eigenvalue weighted by Crippen LogP contribution is -2.46. The van der Waals surface area contributed by atoms with E-state index in [0.29, 0.717) is 42.9 Å². The molecular weight excluding hydrogens is 432 g/mol. The molecule has 1 aliphatic rings. The standard InChI is InChI=1S/C26H28N4O4/c1-33-23-11-9-17(14-24(23)34-2)21(15-27)29-26(32)22-8-5-13-30(22)25(31)12-10-18-16-28-20-7-4-3-6-19(18)20/h3-4,6-7,9,11,14,16,21-22,28H,5,8,10,12-13H2,1-2H3,(H,29,32)/t21?,22-/m0/s1. The van der Waals surface area contributed by atoms with Crippen molar-refractivity contribution in [1.82, 2.24) is 15.2 Å². The Hall–Kier alpha value is -3.99. The molecule has 8 nitrogen and oxygen atoms in total. The Balaban J connectivity index is 1.41. The maximum atomic E-state index is 13.1. The van der Waals surface area contributed by atoms with E-state index in [1.807, 2.05) is 30.5 Å². The number of carbonyl (C=O) groups excluding carboxylic acids is 2. The zero-order valence-electron chi connectivity index (χ0n) is 19.3. The first kappa shape index (κ1) is 23.2. The maximum Gasteiger partial charge on any atom is 0.244 e. The van der Waals surface area contributed by atoms with Gasteiger partial charge in [0.1, 0.15) is 12.1 Å². The topological polar surface area (TPSA) is 107 Å². The van der Waals surface area contributed by atoms with E-state index >= 15 is 0 Å². The van der Waals surface area contributed by atoms with Crippen molar-refractivity contribution < 1.29 is 19.1 Å². The minimum Gasteiger partial charge on any atom is -0.493 e. The Bertz CT molecular complexity index is 1230. The number of ether oxygens (including phenoxy) is 2. The molecule has 4 rings (SSSR count). The van der Waals surface area contributed by atoms with E-state index < -0.39 is 12.1 Å². The highest BCUT2D eigenvalue weighted by molar-refractivity contribution is 5.89. The number of aromatic nitrogens is 1. The fourth-order valence-electron chi connectivity index (χ4n) is 4.52. The molecule has 1 aromatic heterocycles. The molecule has 1 fully saturated rings. The van der Waals surface area contributed by atoms with Gasteiger partial charge >= 0.3 is 0 Å². The van der Waals surface area contributed by atoms with Gasteiger partial charge in [-0.25, -0.2) is 0 Å². The molecular formula is C26H28N4O4. The third kappa shape index (κ3) is 4.69. The molecule has 0 radical (unpaired) electrons. The van der Waals surface area contributed by atoms with Gasteiger partial charge in [0.25, 0.3) is 0 Å². The second-order valence-electron chi connectivity index (χ2n) is 8.29. The van der Waals surface area contributed by atoms with E-state index in [4.69, 9.17) is 9.47 Å². The number of nitriles is 1. The zero-order chi connectivity index (χ0) is 24.1. The average molecular weight is 461 g/mol. The highest BCUT2D eigenvalue weighted by Crippen LogP contribution is 2.30. The number of benzene rings is 2. The largest absolute Gasteiger partial charge is 0.493 e. The van der Waals surface area contributed by atoms with Gasteiger partial charge in [-0.3, -0.25) is 9.59 Å². The van der Waals surface area contributed by atoms with Gasteiger partial charge in [-0.1, -0.05) is 24.3 Å². The number of hydrogen-bond acceptors (Lipinski definition) is 5. The Morgan fingerprint density at radius 2 is 2.00 bits per heavy atom. The smallest absolute Gasteiger partial charge is 0.244 e. The summed E-state index contributed by atoms with van der Waals surface area (Å²) in [7, 11) is 3.05. The van der Waals surface area contributed by atoms with Crippen molar-refractivity contribution in [3.8, 4) is 17.6 Å². The van der Waals surface area contributed by atoms with Crippen LogP contribution in [0.25, 0.3) is 10.9 Å². The van der Waals surface area contributed by atoms with Crippen LogP contribution in [0.15, 0.2) is 48.7 Å². The van der Waals surface area contributed by atoms with Gasteiger partial charge < -0.3 is 24.7 Å². The number of hydrogen-bond donors (Lipinski definition) is 2. The van der Waals surface area contributed by atoms with E-state index in [2.05, 4.69) is 16.4 Å². The van der Waals surface area contributed by atoms with E-state index in [9.17, 15) is 14.9 Å². The van der Waals surface area contributed by atoms with Crippen molar-refractivity contribution in [3.05, 3.63) is 59.8 Å². The Morgan fingerprint density at radius 3 is 2.76 bits per heavy atom. The van der Waals surface area contributed by atoms with Gasteiger partial charge in [0.2, 0.25) is 11.8 Å². The van der Waals surface area contributed by atoms with Gasteiger partial charge in [-0.15, -0.1) is 0 Å². The Labute approximate surface area is 198 Å². The third-order valence-electron chi connectivity index (χ3n) is 6.32. The summed E-state index contributed by atoms with van der Waals surface area (Å²) in [5, 5.41) is 13.6. The minimum atomic E-state index is -0.865. The lowest BCUT2D eigenvalue weighted by Gasteiger charge is -2.25. The van der Waals surface area contributed by atoms with Crippen LogP contribution < -0.4 is 14.8 Å². The zero-order valence-corrected chi connectivity index (χ0v) is 19.3. The molecule has 176 valence electrons. The molecule has 2 aromatic carbocycles. The maximum absolute atomic E-state index is 13.1. The molecule has 2 amide bonds. The van der Waals surface area contributed by atoms with Gasteiger partial charge in [-0.2, -0.15) is 5.26 Å². The highest BCUT2D eigenvalue weighted by atomic mass is 16.5. The number of amides is 2. The van der Waals surface area contributed by atoms with Crippen LogP contribution in [-0.2, 0) is 16.0 Å². The van der Waals surface area contributed by atoms with Gasteiger partial charge in [0, 0.05) is 30.1 Å². The normalized spacial score (nSPS) is 16.1. The van der Waals surface area contributed by atoms with E-state index in [-0.39, 0.29) is 11.8 Å². The summed E-state index contributed by atoms with van der Waals surface area (Å²) in [6.45, 7) is 0.540. The summed E-state index contributed by atoms with van der Waals surface area (Å²) < 4.78 is 10.5. The monoisotopic (exact) mass is 460 g/mol. The summed E-state index contributed by atoms with van der Waals surface area (Å²) in [6.07, 6.45) is 4.19. The number of methoxy groups -OCH3 is 2. The Kier molecular flexibility index (Phi) is 7.02. The van der Waals surface area contributed by atoms with Crippen molar-refractivity contribution in [1.29, 1.82) is 5.26 Å². The molecule has 0 aliphatic carbocycles. The number of fused-ring (bicyclic) bond motifs is 1. The minimum absolute atomic E-state index is 0.0532. The molecule has 0 saturated carbocycles. The number of nitrogens with one attached hydrogen (secondary N) is 2. The molecule has 34 heavy (non-hydrogen) atoms. The summed E-state index contributed by atoms with van der Waals surface area (Å²) in [6, 6.07) is 13.8. The predicted molar refractivity (Wildman–Crippen MR) is 127 cm³/mol. The first-order chi connectivity index (χ1) is 16.5. The van der Waals surface area contributed by atoms with Crippen LogP contribution >= 0.6 is 0 Å². The van der Waals surface area contributed by atoms with E-state index in [1.165, 1.54) is 14.2 Å². The number of para-hydroxylation sites is 1. The van der Waals surface area contributed by atoms with Crippen LogP contribution in [0.3, 0.4) is 0 Å². The van der Waals surface area contributed by atoms with Crippen molar-refractivity contribution >= 4 is 22.7 Å². The van der Waals surface area contributed by atoms with E-state index in [0.717, 1.165) is 22.9 Å². The third-order valence-corrected chi connectivity index (χ3v) is 6.32.